The molecule has 7 nitrogen and oxygen atoms in total. The van der Waals surface area contributed by atoms with Crippen LogP contribution in [0.4, 0.5) is 0 Å². The van der Waals surface area contributed by atoms with Gasteiger partial charge in [-0.15, -0.1) is 0 Å². The summed E-state index contributed by atoms with van der Waals surface area (Å²) in [6.07, 6.45) is 9.71. The summed E-state index contributed by atoms with van der Waals surface area (Å²) in [7, 11) is 1.74. The fourth-order valence-electron chi connectivity index (χ4n) is 5.91. The van der Waals surface area contributed by atoms with Gasteiger partial charge >= 0.3 is 0 Å². The third-order valence-corrected chi connectivity index (χ3v) is 8.04. The van der Waals surface area contributed by atoms with Crippen molar-refractivity contribution in [3.8, 4) is 0 Å². The van der Waals surface area contributed by atoms with Crippen molar-refractivity contribution in [1.82, 2.24) is 20.9 Å². The first kappa shape index (κ1) is 24.7. The minimum absolute atomic E-state index is 0.000300. The van der Waals surface area contributed by atoms with Gasteiger partial charge in [-0.05, 0) is 76.0 Å². The zero-order valence-electron chi connectivity index (χ0n) is 20.6. The molecule has 0 bridgehead atoms. The number of fused-ring (bicyclic) bond motifs is 1. The lowest BCUT2D eigenvalue weighted by molar-refractivity contribution is -0.143. The Morgan fingerprint density at radius 2 is 1.74 bits per heavy atom. The van der Waals surface area contributed by atoms with E-state index in [9.17, 15) is 14.4 Å². The number of amides is 3. The Morgan fingerprint density at radius 3 is 2.50 bits per heavy atom. The van der Waals surface area contributed by atoms with Gasteiger partial charge in [0.15, 0.2) is 0 Å². The van der Waals surface area contributed by atoms with Gasteiger partial charge in [0.2, 0.25) is 17.7 Å². The van der Waals surface area contributed by atoms with Crippen molar-refractivity contribution in [3.05, 3.63) is 35.4 Å². The van der Waals surface area contributed by atoms with Gasteiger partial charge in [-0.2, -0.15) is 0 Å². The fraction of sp³-hybridized carbons (Fsp3) is 0.667. The molecular formula is C27H40N4O3. The first-order valence-corrected chi connectivity index (χ1v) is 13.2. The second-order valence-electron chi connectivity index (χ2n) is 10.2. The molecule has 7 heteroatoms. The van der Waals surface area contributed by atoms with Crippen molar-refractivity contribution in [2.24, 2.45) is 5.92 Å². The zero-order chi connectivity index (χ0) is 24.1. The Kier molecular flexibility index (Phi) is 8.24. The van der Waals surface area contributed by atoms with Crippen LogP contribution in [0.2, 0.25) is 0 Å². The van der Waals surface area contributed by atoms with Gasteiger partial charge < -0.3 is 20.9 Å². The molecule has 1 aromatic carbocycles. The van der Waals surface area contributed by atoms with Crippen molar-refractivity contribution in [2.45, 2.75) is 95.3 Å². The van der Waals surface area contributed by atoms with Gasteiger partial charge in [-0.1, -0.05) is 43.5 Å². The highest BCUT2D eigenvalue weighted by Crippen LogP contribution is 2.32. The number of likely N-dealkylation sites (N-methyl/N-ethyl adjacent to an activating group) is 1. The molecule has 2 fully saturated rings. The fourth-order valence-corrected chi connectivity index (χ4v) is 5.91. The number of hydrogen-bond donors (Lipinski definition) is 3. The lowest BCUT2D eigenvalue weighted by Crippen LogP contribution is -2.58. The number of nitrogens with zero attached hydrogens (tertiary/aromatic N) is 1. The Balaban J connectivity index is 1.48. The molecule has 1 aromatic rings. The van der Waals surface area contributed by atoms with E-state index in [0.717, 1.165) is 51.4 Å². The lowest BCUT2D eigenvalue weighted by atomic mass is 9.83. The van der Waals surface area contributed by atoms with Crippen molar-refractivity contribution >= 4 is 17.7 Å². The molecule has 0 unspecified atom stereocenters. The highest BCUT2D eigenvalue weighted by atomic mass is 16.2. The van der Waals surface area contributed by atoms with Gasteiger partial charge in [-0.3, -0.25) is 14.4 Å². The molecule has 4 atom stereocenters. The average Bonchev–Trinajstić information content (AvgIpc) is 3.37. The maximum Gasteiger partial charge on any atom is 0.246 e. The number of likely N-dealkylation sites (tertiary alicyclic amines) is 1. The van der Waals surface area contributed by atoms with Gasteiger partial charge in [0.1, 0.15) is 12.1 Å². The number of carbonyl (C=O) groups is 3. The van der Waals surface area contributed by atoms with E-state index in [2.05, 4.69) is 34.1 Å². The van der Waals surface area contributed by atoms with E-state index in [-0.39, 0.29) is 35.7 Å². The molecule has 34 heavy (non-hydrogen) atoms. The molecule has 1 saturated heterocycles. The molecule has 0 spiro atoms. The van der Waals surface area contributed by atoms with E-state index in [1.807, 2.05) is 6.07 Å². The predicted octanol–water partition coefficient (Wildman–Crippen LogP) is 2.84. The second kappa shape index (κ2) is 11.3. The third kappa shape index (κ3) is 5.45. The smallest absolute Gasteiger partial charge is 0.246 e. The molecule has 0 radical (unpaired) electrons. The summed E-state index contributed by atoms with van der Waals surface area (Å²) in [6.45, 7) is 2.37. The molecule has 1 aliphatic heterocycles. The van der Waals surface area contributed by atoms with Crippen LogP contribution in [0.25, 0.3) is 0 Å². The Morgan fingerprint density at radius 1 is 0.971 bits per heavy atom. The number of aryl methyl sites for hydroxylation is 1. The predicted molar refractivity (Wildman–Crippen MR) is 132 cm³/mol. The quantitative estimate of drug-likeness (QED) is 0.574. The van der Waals surface area contributed by atoms with Crippen LogP contribution in [0, 0.1) is 5.92 Å². The summed E-state index contributed by atoms with van der Waals surface area (Å²) >= 11 is 0. The number of benzene rings is 1. The van der Waals surface area contributed by atoms with Crippen LogP contribution in [0.1, 0.15) is 81.9 Å². The monoisotopic (exact) mass is 468 g/mol. The molecule has 1 saturated carbocycles. The summed E-state index contributed by atoms with van der Waals surface area (Å²) in [5.74, 6) is -0.190. The van der Waals surface area contributed by atoms with Gasteiger partial charge in [-0.25, -0.2) is 0 Å². The minimum Gasteiger partial charge on any atom is -0.347 e. The largest absolute Gasteiger partial charge is 0.347 e. The summed E-state index contributed by atoms with van der Waals surface area (Å²) in [4.78, 5) is 41.7. The van der Waals surface area contributed by atoms with Crippen LogP contribution < -0.4 is 16.0 Å². The Bertz CT molecular complexity index is 882. The number of carbonyl (C=O) groups excluding carboxylic acids is 3. The molecule has 1 heterocycles. The molecular weight excluding hydrogens is 428 g/mol. The normalized spacial score (nSPS) is 24.7. The molecule has 0 aromatic heterocycles. The van der Waals surface area contributed by atoms with Crippen molar-refractivity contribution in [2.75, 3.05) is 13.6 Å². The standard InChI is InChI=1S/C27H40N4O3/c1-18(28-2)25(32)30-24(20-11-4-3-5-12-20)27(34)31-17-9-16-23(31)26(33)29-22-15-8-13-19-10-6-7-14-21(19)22/h6-7,10,14,18,20,22-24,28H,3-5,8-9,11-13,15-17H2,1-2H3,(H,29,33)(H,30,32)/t18-,22+,23-,24-/m0/s1. The average molecular weight is 469 g/mol. The molecule has 2 aliphatic carbocycles. The SMILES string of the molecule is CN[C@@H](C)C(=O)N[C@H](C(=O)N1CCC[C@H]1C(=O)N[C@@H]1CCCc2ccccc21)C1CCCCC1. The maximum absolute atomic E-state index is 13.8. The molecule has 186 valence electrons. The first-order valence-electron chi connectivity index (χ1n) is 13.2. The van der Waals surface area contributed by atoms with Crippen molar-refractivity contribution in [3.63, 3.8) is 0 Å². The van der Waals surface area contributed by atoms with Crippen molar-refractivity contribution < 1.29 is 14.4 Å². The van der Waals surface area contributed by atoms with Crippen LogP contribution in [0.5, 0.6) is 0 Å². The van der Waals surface area contributed by atoms with E-state index in [1.54, 1.807) is 18.9 Å². The molecule has 3 N–H and O–H groups in total. The summed E-state index contributed by atoms with van der Waals surface area (Å²) < 4.78 is 0. The topological polar surface area (TPSA) is 90.5 Å². The van der Waals surface area contributed by atoms with E-state index in [4.69, 9.17) is 0 Å². The highest BCUT2D eigenvalue weighted by molar-refractivity contribution is 5.93. The number of rotatable bonds is 7. The molecule has 3 amide bonds. The van der Waals surface area contributed by atoms with Gasteiger partial charge in [0, 0.05) is 6.54 Å². The van der Waals surface area contributed by atoms with Crippen molar-refractivity contribution in [1.29, 1.82) is 0 Å². The summed E-state index contributed by atoms with van der Waals surface area (Å²) in [5.41, 5.74) is 2.50. The second-order valence-corrected chi connectivity index (χ2v) is 10.2. The van der Waals surface area contributed by atoms with Gasteiger partial charge in [0.05, 0.1) is 12.1 Å². The third-order valence-electron chi connectivity index (χ3n) is 8.04. The first-order chi connectivity index (χ1) is 16.5. The van der Waals surface area contributed by atoms with E-state index >= 15 is 0 Å². The Labute approximate surface area is 203 Å². The van der Waals surface area contributed by atoms with Gasteiger partial charge in [0.25, 0.3) is 0 Å². The van der Waals surface area contributed by atoms with Crippen LogP contribution in [-0.2, 0) is 20.8 Å². The van der Waals surface area contributed by atoms with Crippen LogP contribution >= 0.6 is 0 Å². The zero-order valence-corrected chi connectivity index (χ0v) is 20.6. The van der Waals surface area contributed by atoms with E-state index in [1.165, 1.54) is 17.5 Å². The number of nitrogens with one attached hydrogen (secondary N) is 3. The lowest BCUT2D eigenvalue weighted by Gasteiger charge is -2.35. The summed E-state index contributed by atoms with van der Waals surface area (Å²) in [6, 6.07) is 6.92. The Hall–Kier alpha value is -2.41. The van der Waals surface area contributed by atoms with Crippen LogP contribution in [0.3, 0.4) is 0 Å². The van der Waals surface area contributed by atoms with E-state index in [0.29, 0.717) is 13.0 Å². The minimum atomic E-state index is -0.563. The van der Waals surface area contributed by atoms with E-state index < -0.39 is 12.1 Å². The van der Waals surface area contributed by atoms with Crippen LogP contribution in [0.15, 0.2) is 24.3 Å². The molecule has 3 aliphatic rings. The maximum atomic E-state index is 13.8. The summed E-state index contributed by atoms with van der Waals surface area (Å²) in [5, 5.41) is 9.26. The van der Waals surface area contributed by atoms with Crippen LogP contribution in [-0.4, -0.2) is 54.3 Å². The molecule has 4 rings (SSSR count). The number of hydrogen-bond acceptors (Lipinski definition) is 4. The highest BCUT2D eigenvalue weighted by Gasteiger charge is 2.41.